The summed E-state index contributed by atoms with van der Waals surface area (Å²) in [6.45, 7) is 7.92. The number of nitrogens with zero attached hydrogens (tertiary/aromatic N) is 3. The van der Waals surface area contributed by atoms with E-state index in [4.69, 9.17) is 0 Å². The number of aliphatic hydroxyl groups excluding tert-OH is 1. The van der Waals surface area contributed by atoms with Gasteiger partial charge in [0.25, 0.3) is 5.91 Å². The highest BCUT2D eigenvalue weighted by Gasteiger charge is 2.19. The Labute approximate surface area is 117 Å². The molecule has 1 amide bonds. The van der Waals surface area contributed by atoms with Crippen LogP contribution in [0.3, 0.4) is 0 Å². The number of hydrogen-bond acceptors (Lipinski definition) is 4. The number of aryl methyl sites for hydroxylation is 2. The summed E-state index contributed by atoms with van der Waals surface area (Å²) in [5, 5.41) is 16.3. The monoisotopic (exact) mass is 276 g/mol. The second-order valence-corrected chi connectivity index (χ2v) is 5.82. The Balaban J connectivity index is 2.24. The summed E-state index contributed by atoms with van der Waals surface area (Å²) in [6.07, 6.45) is 1.56. The predicted molar refractivity (Wildman–Crippen MR) is 75.7 cm³/mol. The van der Waals surface area contributed by atoms with Gasteiger partial charge >= 0.3 is 0 Å². The first-order valence-electron chi connectivity index (χ1n) is 6.55. The first kappa shape index (κ1) is 14.5. The lowest BCUT2D eigenvalue weighted by molar-refractivity contribution is 0.0909. The fourth-order valence-corrected chi connectivity index (χ4v) is 1.86. The number of nitrogens with one attached hydrogen (secondary N) is 1. The van der Waals surface area contributed by atoms with Gasteiger partial charge in [0.05, 0.1) is 17.0 Å². The van der Waals surface area contributed by atoms with E-state index < -0.39 is 0 Å². The number of carbonyl (C=O) groups is 1. The minimum absolute atomic E-state index is 0.0158. The SMILES string of the molecule is Cc1cc2ncc(C(=O)NCC(C)(C)CO)c(C)n2n1. The van der Waals surface area contributed by atoms with Crippen molar-refractivity contribution in [1.29, 1.82) is 0 Å². The maximum atomic E-state index is 12.2. The third-order valence-corrected chi connectivity index (χ3v) is 3.25. The van der Waals surface area contributed by atoms with Crippen molar-refractivity contribution >= 4 is 11.6 Å². The lowest BCUT2D eigenvalue weighted by Gasteiger charge is -2.22. The molecule has 2 heterocycles. The van der Waals surface area contributed by atoms with E-state index in [1.54, 1.807) is 10.7 Å². The van der Waals surface area contributed by atoms with Crippen molar-refractivity contribution in [3.8, 4) is 0 Å². The second-order valence-electron chi connectivity index (χ2n) is 5.82. The van der Waals surface area contributed by atoms with Crippen molar-refractivity contribution in [3.05, 3.63) is 29.2 Å². The number of aromatic nitrogens is 3. The Kier molecular flexibility index (Phi) is 3.76. The van der Waals surface area contributed by atoms with Gasteiger partial charge in [-0.3, -0.25) is 4.79 Å². The molecule has 0 radical (unpaired) electrons. The molecule has 0 aromatic carbocycles. The van der Waals surface area contributed by atoms with E-state index in [-0.39, 0.29) is 17.9 Å². The maximum absolute atomic E-state index is 12.2. The lowest BCUT2D eigenvalue weighted by Crippen LogP contribution is -2.36. The summed E-state index contributed by atoms with van der Waals surface area (Å²) in [4.78, 5) is 16.4. The molecular weight excluding hydrogens is 256 g/mol. The number of hydrogen-bond donors (Lipinski definition) is 2. The van der Waals surface area contributed by atoms with Crippen molar-refractivity contribution in [2.24, 2.45) is 5.41 Å². The van der Waals surface area contributed by atoms with E-state index in [1.807, 2.05) is 33.8 Å². The van der Waals surface area contributed by atoms with Gasteiger partial charge in [0.15, 0.2) is 5.65 Å². The van der Waals surface area contributed by atoms with Crippen molar-refractivity contribution in [2.75, 3.05) is 13.2 Å². The van der Waals surface area contributed by atoms with Gasteiger partial charge in [0, 0.05) is 30.8 Å². The predicted octanol–water partition coefficient (Wildman–Crippen LogP) is 1.09. The van der Waals surface area contributed by atoms with Crippen LogP contribution in [0.25, 0.3) is 5.65 Å². The molecule has 0 aliphatic rings. The zero-order valence-corrected chi connectivity index (χ0v) is 12.3. The Morgan fingerprint density at radius 3 is 2.80 bits per heavy atom. The number of fused-ring (bicyclic) bond motifs is 1. The van der Waals surface area contributed by atoms with E-state index in [2.05, 4.69) is 15.4 Å². The molecule has 0 unspecified atom stereocenters. The normalized spacial score (nSPS) is 11.8. The molecule has 2 aromatic rings. The van der Waals surface area contributed by atoms with E-state index in [1.165, 1.54) is 0 Å². The quantitative estimate of drug-likeness (QED) is 0.876. The van der Waals surface area contributed by atoms with Gasteiger partial charge in [-0.05, 0) is 13.8 Å². The molecule has 2 N–H and O–H groups in total. The Bertz CT molecular complexity index is 646. The van der Waals surface area contributed by atoms with Crippen LogP contribution < -0.4 is 5.32 Å². The fourth-order valence-electron chi connectivity index (χ4n) is 1.86. The Hall–Kier alpha value is -1.95. The first-order valence-corrected chi connectivity index (χ1v) is 6.55. The van der Waals surface area contributed by atoms with Crippen molar-refractivity contribution < 1.29 is 9.90 Å². The minimum Gasteiger partial charge on any atom is -0.396 e. The van der Waals surface area contributed by atoms with Crippen molar-refractivity contribution in [3.63, 3.8) is 0 Å². The average molecular weight is 276 g/mol. The number of aliphatic hydroxyl groups is 1. The summed E-state index contributed by atoms with van der Waals surface area (Å²) >= 11 is 0. The zero-order chi connectivity index (χ0) is 14.9. The Morgan fingerprint density at radius 2 is 2.15 bits per heavy atom. The van der Waals surface area contributed by atoms with Gasteiger partial charge < -0.3 is 10.4 Å². The van der Waals surface area contributed by atoms with Crippen LogP contribution in [0.5, 0.6) is 0 Å². The van der Waals surface area contributed by atoms with Gasteiger partial charge in [-0.25, -0.2) is 9.50 Å². The molecule has 6 nitrogen and oxygen atoms in total. The van der Waals surface area contributed by atoms with Crippen LogP contribution in [0, 0.1) is 19.3 Å². The highest BCUT2D eigenvalue weighted by atomic mass is 16.3. The molecule has 0 bridgehead atoms. The number of rotatable bonds is 4. The van der Waals surface area contributed by atoms with Crippen LogP contribution in [0.2, 0.25) is 0 Å². The highest BCUT2D eigenvalue weighted by Crippen LogP contribution is 2.14. The van der Waals surface area contributed by atoms with E-state index in [0.29, 0.717) is 12.1 Å². The largest absolute Gasteiger partial charge is 0.396 e. The van der Waals surface area contributed by atoms with Gasteiger partial charge in [-0.1, -0.05) is 13.8 Å². The molecule has 0 aliphatic carbocycles. The van der Waals surface area contributed by atoms with Crippen LogP contribution >= 0.6 is 0 Å². The topological polar surface area (TPSA) is 79.5 Å². The molecule has 0 saturated heterocycles. The molecule has 0 saturated carbocycles. The minimum atomic E-state index is -0.344. The third-order valence-electron chi connectivity index (χ3n) is 3.25. The van der Waals surface area contributed by atoms with Gasteiger partial charge in [-0.15, -0.1) is 0 Å². The molecule has 20 heavy (non-hydrogen) atoms. The molecular formula is C14H20N4O2. The number of amides is 1. The average Bonchev–Trinajstić information content (AvgIpc) is 2.78. The van der Waals surface area contributed by atoms with E-state index in [0.717, 1.165) is 17.0 Å². The first-order chi connectivity index (χ1) is 9.34. The van der Waals surface area contributed by atoms with Crippen LogP contribution in [0.15, 0.2) is 12.3 Å². The second kappa shape index (κ2) is 5.20. The summed E-state index contributed by atoms with van der Waals surface area (Å²) in [5.74, 6) is -0.202. The summed E-state index contributed by atoms with van der Waals surface area (Å²) in [6, 6.07) is 1.86. The molecule has 2 rings (SSSR count). The fraction of sp³-hybridized carbons (Fsp3) is 0.500. The standard InChI is InChI=1S/C14H20N4O2/c1-9-5-12-15-6-11(10(2)18(12)17-9)13(20)16-7-14(3,4)8-19/h5-6,19H,7-8H2,1-4H3,(H,16,20). The molecule has 2 aromatic heterocycles. The van der Waals surface area contributed by atoms with E-state index >= 15 is 0 Å². The Morgan fingerprint density at radius 1 is 1.45 bits per heavy atom. The molecule has 0 atom stereocenters. The smallest absolute Gasteiger partial charge is 0.254 e. The molecule has 0 fully saturated rings. The summed E-state index contributed by atoms with van der Waals surface area (Å²) in [7, 11) is 0. The highest BCUT2D eigenvalue weighted by molar-refractivity contribution is 5.95. The van der Waals surface area contributed by atoms with Crippen LogP contribution in [-0.2, 0) is 0 Å². The van der Waals surface area contributed by atoms with Crippen LogP contribution in [0.1, 0.15) is 35.6 Å². The summed E-state index contributed by atoms with van der Waals surface area (Å²) < 4.78 is 1.67. The molecule has 108 valence electrons. The van der Waals surface area contributed by atoms with E-state index in [9.17, 15) is 9.90 Å². The summed E-state index contributed by atoms with van der Waals surface area (Å²) in [5.41, 5.74) is 2.49. The van der Waals surface area contributed by atoms with Crippen molar-refractivity contribution in [2.45, 2.75) is 27.7 Å². The van der Waals surface area contributed by atoms with Crippen LogP contribution in [-0.4, -0.2) is 38.8 Å². The van der Waals surface area contributed by atoms with Gasteiger partial charge in [0.2, 0.25) is 0 Å². The zero-order valence-electron chi connectivity index (χ0n) is 12.3. The van der Waals surface area contributed by atoms with Gasteiger partial charge in [-0.2, -0.15) is 5.10 Å². The van der Waals surface area contributed by atoms with Crippen LogP contribution in [0.4, 0.5) is 0 Å². The number of carbonyl (C=O) groups excluding carboxylic acids is 1. The molecule has 0 spiro atoms. The maximum Gasteiger partial charge on any atom is 0.254 e. The lowest BCUT2D eigenvalue weighted by atomic mass is 9.95. The molecule has 0 aliphatic heterocycles. The van der Waals surface area contributed by atoms with Gasteiger partial charge in [0.1, 0.15) is 0 Å². The van der Waals surface area contributed by atoms with Crippen molar-refractivity contribution in [1.82, 2.24) is 19.9 Å². The molecule has 6 heteroatoms. The third kappa shape index (κ3) is 2.80.